The van der Waals surface area contributed by atoms with Gasteiger partial charge in [0.1, 0.15) is 0 Å². The molecule has 0 spiro atoms. The van der Waals surface area contributed by atoms with Crippen LogP contribution in [-0.2, 0) is 13.1 Å². The molecule has 0 radical (unpaired) electrons. The molecule has 1 aromatic carbocycles. The average Bonchev–Trinajstić information content (AvgIpc) is 2.65. The van der Waals surface area contributed by atoms with Crippen molar-refractivity contribution < 1.29 is 0 Å². The largest absolute Gasteiger partial charge is 0.314 e. The van der Waals surface area contributed by atoms with Gasteiger partial charge in [0.2, 0.25) is 0 Å². The molecule has 0 aromatic heterocycles. The third-order valence-corrected chi connectivity index (χ3v) is 6.26. The summed E-state index contributed by atoms with van der Waals surface area (Å²) in [6.07, 6.45) is 1.32. The van der Waals surface area contributed by atoms with Crippen molar-refractivity contribution in [3.63, 3.8) is 0 Å². The van der Waals surface area contributed by atoms with Crippen LogP contribution in [0.5, 0.6) is 0 Å². The minimum absolute atomic E-state index is 0.608. The van der Waals surface area contributed by atoms with Crippen molar-refractivity contribution in [3.05, 3.63) is 35.4 Å². The van der Waals surface area contributed by atoms with E-state index >= 15 is 0 Å². The van der Waals surface area contributed by atoms with E-state index in [0.29, 0.717) is 12.1 Å². The number of benzene rings is 1. The molecule has 1 aromatic rings. The van der Waals surface area contributed by atoms with E-state index in [4.69, 9.17) is 0 Å². The number of piperazine rings is 2. The van der Waals surface area contributed by atoms with Gasteiger partial charge in [0.25, 0.3) is 0 Å². The Balaban J connectivity index is 1.49. The van der Waals surface area contributed by atoms with Gasteiger partial charge in [0.15, 0.2) is 0 Å². The molecule has 0 amide bonds. The van der Waals surface area contributed by atoms with Gasteiger partial charge in [-0.15, -0.1) is 0 Å². The van der Waals surface area contributed by atoms with Gasteiger partial charge in [-0.05, 0) is 43.9 Å². The molecule has 2 atom stereocenters. The molecular formula is C23H40N4. The van der Waals surface area contributed by atoms with Gasteiger partial charge in [-0.2, -0.15) is 0 Å². The van der Waals surface area contributed by atoms with Crippen LogP contribution >= 0.6 is 0 Å². The molecule has 27 heavy (non-hydrogen) atoms. The van der Waals surface area contributed by atoms with E-state index in [1.165, 1.54) is 50.3 Å². The minimum atomic E-state index is 0.608. The van der Waals surface area contributed by atoms with Crippen molar-refractivity contribution in [1.29, 1.82) is 0 Å². The second-order valence-electron chi connectivity index (χ2n) is 9.15. The first-order valence-corrected chi connectivity index (χ1v) is 11.0. The van der Waals surface area contributed by atoms with Crippen LogP contribution in [0.25, 0.3) is 0 Å². The van der Waals surface area contributed by atoms with Crippen molar-refractivity contribution >= 4 is 0 Å². The summed E-state index contributed by atoms with van der Waals surface area (Å²) in [5.41, 5.74) is 2.93. The lowest BCUT2D eigenvalue weighted by atomic mass is 10.1. The van der Waals surface area contributed by atoms with Crippen molar-refractivity contribution in [2.75, 3.05) is 45.8 Å². The summed E-state index contributed by atoms with van der Waals surface area (Å²) >= 11 is 0. The van der Waals surface area contributed by atoms with Crippen LogP contribution in [-0.4, -0.2) is 72.6 Å². The summed E-state index contributed by atoms with van der Waals surface area (Å²) in [7, 11) is 0. The molecule has 2 heterocycles. The van der Waals surface area contributed by atoms with E-state index in [9.17, 15) is 0 Å². The normalized spacial score (nSPS) is 26.0. The molecule has 0 saturated carbocycles. The Bertz CT molecular complexity index is 555. The highest BCUT2D eigenvalue weighted by molar-refractivity contribution is 5.24. The smallest absolute Gasteiger partial charge is 0.0240 e. The van der Waals surface area contributed by atoms with E-state index in [0.717, 1.165) is 32.1 Å². The first kappa shape index (κ1) is 20.8. The number of nitrogens with zero attached hydrogens (tertiary/aromatic N) is 3. The minimum Gasteiger partial charge on any atom is -0.314 e. The Morgan fingerprint density at radius 1 is 0.926 bits per heavy atom. The zero-order chi connectivity index (χ0) is 19.2. The summed E-state index contributed by atoms with van der Waals surface area (Å²) in [6, 6.07) is 10.5. The van der Waals surface area contributed by atoms with Gasteiger partial charge in [-0.3, -0.25) is 9.80 Å². The summed E-state index contributed by atoms with van der Waals surface area (Å²) in [5.74, 6) is 0.812. The molecular weight excluding hydrogens is 332 g/mol. The van der Waals surface area contributed by atoms with E-state index in [-0.39, 0.29) is 0 Å². The van der Waals surface area contributed by atoms with Gasteiger partial charge in [-0.25, -0.2) is 0 Å². The molecule has 2 aliphatic rings. The standard InChI is InChI=1S/C23H40N4/c1-19(2)8-9-25-10-12-26(13-11-25)17-22-6-5-7-23(14-22)18-27-20(3)15-24-16-21(27)4/h5-7,14,19-21,24H,8-13,15-18H2,1-4H3/t20-,21+. The SMILES string of the molecule is CC(C)CCN1CCN(Cc2cccc(CN3[C@H](C)CNC[C@@H]3C)c2)CC1. The van der Waals surface area contributed by atoms with Crippen molar-refractivity contribution in [1.82, 2.24) is 20.0 Å². The Kier molecular flexibility index (Phi) is 7.71. The van der Waals surface area contributed by atoms with Crippen LogP contribution in [0, 0.1) is 5.92 Å². The van der Waals surface area contributed by atoms with Crippen LogP contribution in [0.3, 0.4) is 0 Å². The number of rotatable bonds is 7. The lowest BCUT2D eigenvalue weighted by Gasteiger charge is -2.39. The second kappa shape index (κ2) is 10.0. The van der Waals surface area contributed by atoms with Crippen LogP contribution in [0.2, 0.25) is 0 Å². The maximum atomic E-state index is 3.53. The molecule has 1 N–H and O–H groups in total. The third kappa shape index (κ3) is 6.28. The number of hydrogen-bond donors (Lipinski definition) is 1. The molecule has 4 heteroatoms. The van der Waals surface area contributed by atoms with E-state index in [1.54, 1.807) is 0 Å². The van der Waals surface area contributed by atoms with Gasteiger partial charge >= 0.3 is 0 Å². The maximum absolute atomic E-state index is 3.53. The fourth-order valence-corrected chi connectivity index (χ4v) is 4.39. The second-order valence-corrected chi connectivity index (χ2v) is 9.15. The summed E-state index contributed by atoms with van der Waals surface area (Å²) < 4.78 is 0. The quantitative estimate of drug-likeness (QED) is 0.794. The fourth-order valence-electron chi connectivity index (χ4n) is 4.39. The summed E-state index contributed by atoms with van der Waals surface area (Å²) in [4.78, 5) is 7.91. The third-order valence-electron chi connectivity index (χ3n) is 6.26. The van der Waals surface area contributed by atoms with Crippen molar-refractivity contribution in [3.8, 4) is 0 Å². The Labute approximate surface area is 166 Å². The van der Waals surface area contributed by atoms with Crippen LogP contribution in [0.15, 0.2) is 24.3 Å². The molecule has 2 fully saturated rings. The van der Waals surface area contributed by atoms with E-state index in [2.05, 4.69) is 72.0 Å². The molecule has 0 bridgehead atoms. The molecule has 0 aliphatic carbocycles. The van der Waals surface area contributed by atoms with Crippen molar-refractivity contribution in [2.45, 2.75) is 59.3 Å². The van der Waals surface area contributed by atoms with Crippen LogP contribution in [0.4, 0.5) is 0 Å². The topological polar surface area (TPSA) is 21.8 Å². The molecule has 3 rings (SSSR count). The maximum Gasteiger partial charge on any atom is 0.0240 e. The molecule has 0 unspecified atom stereocenters. The average molecular weight is 373 g/mol. The van der Waals surface area contributed by atoms with Gasteiger partial charge in [0, 0.05) is 64.4 Å². The fraction of sp³-hybridized carbons (Fsp3) is 0.739. The van der Waals surface area contributed by atoms with Crippen LogP contribution < -0.4 is 5.32 Å². The molecule has 4 nitrogen and oxygen atoms in total. The first-order valence-electron chi connectivity index (χ1n) is 11.0. The highest BCUT2D eigenvalue weighted by Gasteiger charge is 2.24. The van der Waals surface area contributed by atoms with E-state index in [1.807, 2.05) is 0 Å². The Morgan fingerprint density at radius 2 is 1.52 bits per heavy atom. The predicted octanol–water partition coefficient (Wildman–Crippen LogP) is 3.03. The lowest BCUT2D eigenvalue weighted by Crippen LogP contribution is -2.54. The predicted molar refractivity (Wildman–Crippen MR) is 115 cm³/mol. The Morgan fingerprint density at radius 3 is 2.15 bits per heavy atom. The molecule has 2 aliphatic heterocycles. The molecule has 2 saturated heterocycles. The van der Waals surface area contributed by atoms with Gasteiger partial charge in [0.05, 0.1) is 0 Å². The van der Waals surface area contributed by atoms with Gasteiger partial charge in [-0.1, -0.05) is 38.1 Å². The highest BCUT2D eigenvalue weighted by atomic mass is 15.3. The summed E-state index contributed by atoms with van der Waals surface area (Å²) in [5, 5.41) is 3.53. The van der Waals surface area contributed by atoms with Crippen molar-refractivity contribution in [2.24, 2.45) is 5.92 Å². The highest BCUT2D eigenvalue weighted by Crippen LogP contribution is 2.17. The zero-order valence-corrected chi connectivity index (χ0v) is 18.0. The summed E-state index contributed by atoms with van der Waals surface area (Å²) in [6.45, 7) is 19.8. The lowest BCUT2D eigenvalue weighted by molar-refractivity contribution is 0.108. The van der Waals surface area contributed by atoms with Crippen LogP contribution in [0.1, 0.15) is 45.2 Å². The number of hydrogen-bond acceptors (Lipinski definition) is 4. The number of nitrogens with one attached hydrogen (secondary N) is 1. The molecule has 152 valence electrons. The first-order chi connectivity index (χ1) is 13.0. The zero-order valence-electron chi connectivity index (χ0n) is 18.0. The van der Waals surface area contributed by atoms with Gasteiger partial charge < -0.3 is 10.2 Å². The van der Waals surface area contributed by atoms with E-state index < -0.39 is 0 Å². The Hall–Kier alpha value is -0.940. The monoisotopic (exact) mass is 372 g/mol.